The zero-order chi connectivity index (χ0) is 20.4. The normalized spacial score (nSPS) is 15.5. The SMILES string of the molecule is CC(C)(C)OC(=O)Nc1cc(C2CCCC2)nc(Cl)c1C(=O)OC(C)(C)C. The summed E-state index contributed by atoms with van der Waals surface area (Å²) >= 11 is 6.35. The minimum atomic E-state index is -0.701. The van der Waals surface area contributed by atoms with Crippen LogP contribution >= 0.6 is 11.6 Å². The molecule has 1 aliphatic carbocycles. The molecule has 7 heteroatoms. The molecular weight excluding hydrogens is 368 g/mol. The lowest BCUT2D eigenvalue weighted by Crippen LogP contribution is -2.29. The first-order valence-electron chi connectivity index (χ1n) is 9.29. The molecule has 1 aliphatic rings. The Balaban J connectivity index is 2.40. The van der Waals surface area contributed by atoms with E-state index in [-0.39, 0.29) is 22.3 Å². The Hall–Kier alpha value is -1.82. The van der Waals surface area contributed by atoms with Crippen molar-refractivity contribution in [1.82, 2.24) is 4.98 Å². The number of nitrogens with one attached hydrogen (secondary N) is 1. The zero-order valence-corrected chi connectivity index (χ0v) is 17.7. The van der Waals surface area contributed by atoms with Gasteiger partial charge in [-0.25, -0.2) is 14.6 Å². The van der Waals surface area contributed by atoms with Crippen molar-refractivity contribution in [3.05, 3.63) is 22.5 Å². The minimum absolute atomic E-state index is 0.0275. The van der Waals surface area contributed by atoms with Gasteiger partial charge in [-0.15, -0.1) is 0 Å². The molecule has 0 atom stereocenters. The summed E-state index contributed by atoms with van der Waals surface area (Å²) in [6, 6.07) is 1.71. The van der Waals surface area contributed by atoms with Crippen LogP contribution in [0.2, 0.25) is 5.15 Å². The highest BCUT2D eigenvalue weighted by Crippen LogP contribution is 2.37. The summed E-state index contributed by atoms with van der Waals surface area (Å²) in [6.45, 7) is 10.6. The molecule has 2 rings (SSSR count). The van der Waals surface area contributed by atoms with Gasteiger partial charge in [0.25, 0.3) is 0 Å². The van der Waals surface area contributed by atoms with E-state index in [1.165, 1.54) is 0 Å². The van der Waals surface area contributed by atoms with Gasteiger partial charge in [-0.2, -0.15) is 0 Å². The number of halogens is 1. The third-order valence-corrected chi connectivity index (χ3v) is 4.28. The van der Waals surface area contributed by atoms with Gasteiger partial charge in [0.2, 0.25) is 0 Å². The number of anilines is 1. The molecule has 0 aromatic carbocycles. The van der Waals surface area contributed by atoms with Crippen molar-refractivity contribution in [2.75, 3.05) is 5.32 Å². The van der Waals surface area contributed by atoms with Crippen LogP contribution < -0.4 is 5.32 Å². The lowest BCUT2D eigenvalue weighted by Gasteiger charge is -2.23. The van der Waals surface area contributed by atoms with Crippen LogP contribution in [0, 0.1) is 0 Å². The maximum Gasteiger partial charge on any atom is 0.412 e. The second-order valence-corrected chi connectivity index (χ2v) is 9.23. The third kappa shape index (κ3) is 6.38. The Kier molecular flexibility index (Phi) is 6.40. The number of aromatic nitrogens is 1. The average Bonchev–Trinajstić information content (AvgIpc) is 2.96. The van der Waals surface area contributed by atoms with Crippen LogP contribution in [0.15, 0.2) is 6.07 Å². The number of hydrogen-bond acceptors (Lipinski definition) is 5. The lowest BCUT2D eigenvalue weighted by atomic mass is 10.0. The maximum absolute atomic E-state index is 12.7. The van der Waals surface area contributed by atoms with Crippen molar-refractivity contribution in [2.24, 2.45) is 0 Å². The fraction of sp³-hybridized carbons (Fsp3) is 0.650. The third-order valence-electron chi connectivity index (χ3n) is 4.01. The number of carbonyl (C=O) groups is 2. The predicted octanol–water partition coefficient (Wildman–Crippen LogP) is 5.69. The summed E-state index contributed by atoms with van der Waals surface area (Å²) in [5.74, 6) is -0.363. The van der Waals surface area contributed by atoms with Crippen LogP contribution in [0.1, 0.15) is 89.2 Å². The van der Waals surface area contributed by atoms with Crippen molar-refractivity contribution in [2.45, 2.75) is 84.3 Å². The topological polar surface area (TPSA) is 77.5 Å². The molecule has 1 aromatic rings. The molecule has 0 radical (unpaired) electrons. The second-order valence-electron chi connectivity index (χ2n) is 8.87. The molecule has 1 amide bonds. The van der Waals surface area contributed by atoms with Crippen molar-refractivity contribution in [1.29, 1.82) is 0 Å². The first-order valence-corrected chi connectivity index (χ1v) is 9.67. The van der Waals surface area contributed by atoms with E-state index in [1.807, 2.05) is 0 Å². The summed E-state index contributed by atoms with van der Waals surface area (Å²) in [7, 11) is 0. The maximum atomic E-state index is 12.7. The first-order chi connectivity index (χ1) is 12.4. The van der Waals surface area contributed by atoms with E-state index >= 15 is 0 Å². The summed E-state index contributed by atoms with van der Waals surface area (Å²) in [6.07, 6.45) is 3.63. The average molecular weight is 397 g/mol. The predicted molar refractivity (Wildman–Crippen MR) is 105 cm³/mol. The molecule has 27 heavy (non-hydrogen) atoms. The van der Waals surface area contributed by atoms with Crippen LogP contribution in [-0.2, 0) is 9.47 Å². The number of esters is 1. The Morgan fingerprint density at radius 1 is 1.07 bits per heavy atom. The van der Waals surface area contributed by atoms with E-state index in [0.29, 0.717) is 0 Å². The highest BCUT2D eigenvalue weighted by molar-refractivity contribution is 6.33. The fourth-order valence-electron chi connectivity index (χ4n) is 3.00. The van der Waals surface area contributed by atoms with Gasteiger partial charge in [0.1, 0.15) is 21.9 Å². The fourth-order valence-corrected chi connectivity index (χ4v) is 3.28. The first kappa shape index (κ1) is 21.5. The standard InChI is InChI=1S/C20H29ClN2O4/c1-19(2,3)26-17(24)15-14(23-18(25)27-20(4,5)6)11-13(22-16(15)21)12-9-7-8-10-12/h11-12H,7-10H2,1-6H3,(H,22,23,25). The van der Waals surface area contributed by atoms with Crippen molar-refractivity contribution in [3.8, 4) is 0 Å². The van der Waals surface area contributed by atoms with E-state index in [2.05, 4.69) is 10.3 Å². The summed E-state index contributed by atoms with van der Waals surface area (Å²) in [4.78, 5) is 29.4. The molecule has 0 saturated heterocycles. The summed E-state index contributed by atoms with van der Waals surface area (Å²) in [5.41, 5.74) is -0.287. The number of amides is 1. The van der Waals surface area contributed by atoms with E-state index in [1.54, 1.807) is 47.6 Å². The van der Waals surface area contributed by atoms with Gasteiger partial charge in [-0.05, 0) is 60.5 Å². The molecular formula is C20H29ClN2O4. The van der Waals surface area contributed by atoms with Gasteiger partial charge < -0.3 is 9.47 Å². The second kappa shape index (κ2) is 8.05. The molecule has 150 valence electrons. The molecule has 1 aromatic heterocycles. The lowest BCUT2D eigenvalue weighted by molar-refractivity contribution is 0.00705. The van der Waals surface area contributed by atoms with E-state index in [0.717, 1.165) is 31.4 Å². The van der Waals surface area contributed by atoms with Gasteiger partial charge in [0.15, 0.2) is 0 Å². The molecule has 1 fully saturated rings. The van der Waals surface area contributed by atoms with Crippen molar-refractivity contribution < 1.29 is 19.1 Å². The molecule has 1 N–H and O–H groups in total. The van der Waals surface area contributed by atoms with Gasteiger partial charge in [0.05, 0.1) is 5.69 Å². The monoisotopic (exact) mass is 396 g/mol. The van der Waals surface area contributed by atoms with Crippen molar-refractivity contribution in [3.63, 3.8) is 0 Å². The van der Waals surface area contributed by atoms with Gasteiger partial charge in [-0.1, -0.05) is 24.4 Å². The largest absolute Gasteiger partial charge is 0.456 e. The molecule has 1 saturated carbocycles. The number of rotatable bonds is 3. The molecule has 0 bridgehead atoms. The number of nitrogens with zero attached hydrogens (tertiary/aromatic N) is 1. The summed E-state index contributed by atoms with van der Waals surface area (Å²) < 4.78 is 10.8. The molecule has 0 aliphatic heterocycles. The zero-order valence-electron chi connectivity index (χ0n) is 16.9. The number of pyridine rings is 1. The quantitative estimate of drug-likeness (QED) is 0.524. The van der Waals surface area contributed by atoms with Crippen LogP contribution in [0.25, 0.3) is 0 Å². The Morgan fingerprint density at radius 3 is 2.15 bits per heavy atom. The number of carbonyl (C=O) groups excluding carboxylic acids is 2. The molecule has 0 spiro atoms. The van der Waals surface area contributed by atoms with E-state index in [4.69, 9.17) is 21.1 Å². The molecule has 1 heterocycles. The highest BCUT2D eigenvalue weighted by Gasteiger charge is 2.28. The molecule has 6 nitrogen and oxygen atoms in total. The smallest absolute Gasteiger partial charge is 0.412 e. The Bertz CT molecular complexity index is 714. The van der Waals surface area contributed by atoms with Crippen LogP contribution in [0.4, 0.5) is 10.5 Å². The number of hydrogen-bond donors (Lipinski definition) is 1. The van der Waals surface area contributed by atoms with Crippen molar-refractivity contribution >= 4 is 29.4 Å². The van der Waals surface area contributed by atoms with E-state index in [9.17, 15) is 9.59 Å². The molecule has 0 unspecified atom stereocenters. The van der Waals surface area contributed by atoms with Crippen LogP contribution in [0.5, 0.6) is 0 Å². The Labute approximate surface area is 166 Å². The summed E-state index contributed by atoms with van der Waals surface area (Å²) in [5, 5.41) is 2.68. The van der Waals surface area contributed by atoms with Crippen LogP contribution in [-0.4, -0.2) is 28.2 Å². The highest BCUT2D eigenvalue weighted by atomic mass is 35.5. The Morgan fingerprint density at radius 2 is 1.63 bits per heavy atom. The van der Waals surface area contributed by atoms with Gasteiger partial charge in [0, 0.05) is 11.6 Å². The van der Waals surface area contributed by atoms with E-state index < -0.39 is 23.3 Å². The van der Waals surface area contributed by atoms with Gasteiger partial charge >= 0.3 is 12.1 Å². The minimum Gasteiger partial charge on any atom is -0.456 e. The van der Waals surface area contributed by atoms with Crippen LogP contribution in [0.3, 0.4) is 0 Å². The van der Waals surface area contributed by atoms with Gasteiger partial charge in [-0.3, -0.25) is 5.32 Å². The number of ether oxygens (including phenoxy) is 2.